The number of rotatable bonds is 5. The lowest BCUT2D eigenvalue weighted by Gasteiger charge is -2.23. The van der Waals surface area contributed by atoms with E-state index in [9.17, 15) is 9.00 Å². The smallest absolute Gasteiger partial charge is 0.129 e. The highest BCUT2D eigenvalue weighted by atomic mass is 32.2. The fourth-order valence-electron chi connectivity index (χ4n) is 4.64. The molecule has 30 heavy (non-hydrogen) atoms. The third kappa shape index (κ3) is 3.97. The fraction of sp³-hybridized carbons (Fsp3) is 0.565. The van der Waals surface area contributed by atoms with E-state index in [1.807, 2.05) is 26.0 Å². The lowest BCUT2D eigenvalue weighted by molar-refractivity contribution is -0.108. The molecule has 1 saturated carbocycles. The van der Waals surface area contributed by atoms with E-state index in [1.165, 1.54) is 0 Å². The van der Waals surface area contributed by atoms with Crippen molar-refractivity contribution in [2.24, 2.45) is 5.92 Å². The maximum absolute atomic E-state index is 12.3. The molecule has 2 N–H and O–H groups in total. The van der Waals surface area contributed by atoms with Crippen LogP contribution in [0.4, 0.5) is 11.5 Å². The van der Waals surface area contributed by atoms with Crippen LogP contribution < -0.4 is 10.0 Å². The van der Waals surface area contributed by atoms with Crippen molar-refractivity contribution in [3.05, 3.63) is 35.5 Å². The zero-order valence-corrected chi connectivity index (χ0v) is 19.3. The monoisotopic (exact) mass is 428 g/mol. The SMILES string of the molecule is CC1(C)NS(=O)c2ccc(Nc3cc(C4CCC(CC=O)C4)nn3C(C)(C)C)cc21. The minimum absolute atomic E-state index is 0.166. The topological polar surface area (TPSA) is 76.0 Å². The summed E-state index contributed by atoms with van der Waals surface area (Å²) in [6, 6.07) is 8.17. The van der Waals surface area contributed by atoms with E-state index in [0.717, 1.165) is 53.2 Å². The van der Waals surface area contributed by atoms with Crippen LogP contribution in [-0.2, 0) is 26.9 Å². The van der Waals surface area contributed by atoms with E-state index >= 15 is 0 Å². The number of aromatic nitrogens is 2. The highest BCUT2D eigenvalue weighted by Gasteiger charge is 2.35. The van der Waals surface area contributed by atoms with Crippen LogP contribution in [0, 0.1) is 5.92 Å². The Balaban J connectivity index is 1.64. The largest absolute Gasteiger partial charge is 0.340 e. The van der Waals surface area contributed by atoms with Gasteiger partial charge in [0.25, 0.3) is 0 Å². The van der Waals surface area contributed by atoms with Crippen LogP contribution in [0.5, 0.6) is 0 Å². The molecular weight excluding hydrogens is 396 g/mol. The van der Waals surface area contributed by atoms with Gasteiger partial charge in [-0.3, -0.25) is 0 Å². The summed E-state index contributed by atoms with van der Waals surface area (Å²) >= 11 is 0. The van der Waals surface area contributed by atoms with Crippen molar-refractivity contribution in [3.63, 3.8) is 0 Å². The maximum Gasteiger partial charge on any atom is 0.129 e. The van der Waals surface area contributed by atoms with E-state index in [-0.39, 0.29) is 11.1 Å². The van der Waals surface area contributed by atoms with Crippen LogP contribution in [-0.4, -0.2) is 20.3 Å². The highest BCUT2D eigenvalue weighted by Crippen LogP contribution is 2.41. The van der Waals surface area contributed by atoms with Crippen LogP contribution in [0.3, 0.4) is 0 Å². The number of carbonyl (C=O) groups is 1. The molecule has 0 saturated heterocycles. The second-order valence-corrected chi connectivity index (χ2v) is 11.3. The molecule has 7 heteroatoms. The number of fused-ring (bicyclic) bond motifs is 1. The number of hydrogen-bond donors (Lipinski definition) is 2. The molecule has 0 bridgehead atoms. The molecule has 2 heterocycles. The number of aldehydes is 1. The second kappa shape index (κ2) is 7.61. The number of hydrogen-bond acceptors (Lipinski definition) is 4. The van der Waals surface area contributed by atoms with Gasteiger partial charge < -0.3 is 10.1 Å². The van der Waals surface area contributed by atoms with Crippen molar-refractivity contribution in [3.8, 4) is 0 Å². The lowest BCUT2D eigenvalue weighted by atomic mass is 9.95. The molecule has 0 spiro atoms. The lowest BCUT2D eigenvalue weighted by Crippen LogP contribution is -2.30. The van der Waals surface area contributed by atoms with Gasteiger partial charge in [0.05, 0.1) is 21.7 Å². The molecule has 3 atom stereocenters. The van der Waals surface area contributed by atoms with Crippen LogP contribution >= 0.6 is 0 Å². The first kappa shape index (κ1) is 21.2. The first-order valence-corrected chi connectivity index (χ1v) is 11.9. The van der Waals surface area contributed by atoms with E-state index in [4.69, 9.17) is 5.10 Å². The van der Waals surface area contributed by atoms with Crippen molar-refractivity contribution in [1.29, 1.82) is 0 Å². The zero-order chi connectivity index (χ0) is 21.7. The Labute approximate surface area is 181 Å². The van der Waals surface area contributed by atoms with Crippen LogP contribution in [0.2, 0.25) is 0 Å². The summed E-state index contributed by atoms with van der Waals surface area (Å²) in [5.41, 5.74) is 2.63. The van der Waals surface area contributed by atoms with Crippen molar-refractivity contribution >= 4 is 28.8 Å². The standard InChI is InChI=1S/C23H32N4O2S/c1-22(2,3)27-21(14-19(25-27)16-7-6-15(12-16)10-11-28)24-17-8-9-20-18(13-17)23(4,5)26-30(20)29/h8-9,11,13-16,24,26H,6-7,10,12H2,1-5H3. The van der Waals surface area contributed by atoms with E-state index < -0.39 is 11.0 Å². The quantitative estimate of drug-likeness (QED) is 0.676. The van der Waals surface area contributed by atoms with Gasteiger partial charge in [0.1, 0.15) is 23.1 Å². The van der Waals surface area contributed by atoms with Gasteiger partial charge in [-0.05, 0) is 83.6 Å². The van der Waals surface area contributed by atoms with Gasteiger partial charge in [-0.25, -0.2) is 13.6 Å². The highest BCUT2D eigenvalue weighted by molar-refractivity contribution is 7.83. The molecule has 4 rings (SSSR count). The van der Waals surface area contributed by atoms with Crippen LogP contribution in [0.1, 0.15) is 77.5 Å². The summed E-state index contributed by atoms with van der Waals surface area (Å²) in [5, 5.41) is 8.53. The van der Waals surface area contributed by atoms with Gasteiger partial charge in [-0.15, -0.1) is 0 Å². The first-order chi connectivity index (χ1) is 14.1. The average Bonchev–Trinajstić information content (AvgIpc) is 3.33. The Bertz CT molecular complexity index is 990. The van der Waals surface area contributed by atoms with Gasteiger partial charge in [-0.2, -0.15) is 5.10 Å². The van der Waals surface area contributed by atoms with Crippen molar-refractivity contribution < 1.29 is 9.00 Å². The Kier molecular flexibility index (Phi) is 5.39. The van der Waals surface area contributed by atoms with Crippen molar-refractivity contribution in [2.75, 3.05) is 5.32 Å². The molecule has 1 aromatic heterocycles. The maximum atomic E-state index is 12.3. The minimum atomic E-state index is -1.16. The predicted octanol–water partition coefficient (Wildman–Crippen LogP) is 4.72. The molecule has 2 aliphatic rings. The Morgan fingerprint density at radius 2 is 2.07 bits per heavy atom. The molecule has 0 amide bonds. The van der Waals surface area contributed by atoms with Gasteiger partial charge >= 0.3 is 0 Å². The number of benzene rings is 1. The number of anilines is 2. The van der Waals surface area contributed by atoms with Gasteiger partial charge in [0, 0.05) is 24.1 Å². The summed E-state index contributed by atoms with van der Waals surface area (Å²) < 4.78 is 17.5. The predicted molar refractivity (Wildman–Crippen MR) is 120 cm³/mol. The average molecular weight is 429 g/mol. The third-order valence-electron chi connectivity index (χ3n) is 6.23. The molecule has 3 unspecified atom stereocenters. The molecule has 1 fully saturated rings. The van der Waals surface area contributed by atoms with E-state index in [2.05, 4.69) is 47.6 Å². The summed E-state index contributed by atoms with van der Waals surface area (Å²) in [5.74, 6) is 1.85. The van der Waals surface area contributed by atoms with Gasteiger partial charge in [0.2, 0.25) is 0 Å². The Morgan fingerprint density at radius 1 is 1.30 bits per heavy atom. The fourth-order valence-corrected chi connectivity index (χ4v) is 6.03. The molecule has 0 radical (unpaired) electrons. The van der Waals surface area contributed by atoms with Crippen molar-refractivity contribution in [1.82, 2.24) is 14.5 Å². The number of nitrogens with zero attached hydrogens (tertiary/aromatic N) is 2. The van der Waals surface area contributed by atoms with E-state index in [0.29, 0.717) is 18.3 Å². The summed E-state index contributed by atoms with van der Waals surface area (Å²) in [6.45, 7) is 10.6. The number of nitrogens with one attached hydrogen (secondary N) is 2. The third-order valence-corrected chi connectivity index (χ3v) is 7.68. The van der Waals surface area contributed by atoms with E-state index in [1.54, 1.807) is 0 Å². The summed E-state index contributed by atoms with van der Waals surface area (Å²) in [6.07, 6.45) is 4.92. The van der Waals surface area contributed by atoms with Gasteiger partial charge in [-0.1, -0.05) is 0 Å². The molecule has 162 valence electrons. The van der Waals surface area contributed by atoms with Crippen LogP contribution in [0.25, 0.3) is 0 Å². The minimum Gasteiger partial charge on any atom is -0.340 e. The Hall–Kier alpha value is -1.99. The Morgan fingerprint density at radius 3 is 2.77 bits per heavy atom. The normalized spacial score (nSPS) is 25.3. The molecular formula is C23H32N4O2S. The molecule has 1 aromatic carbocycles. The summed E-state index contributed by atoms with van der Waals surface area (Å²) in [7, 11) is -1.16. The summed E-state index contributed by atoms with van der Waals surface area (Å²) in [4.78, 5) is 11.7. The first-order valence-electron chi connectivity index (χ1n) is 10.7. The van der Waals surface area contributed by atoms with Crippen LogP contribution in [0.15, 0.2) is 29.2 Å². The van der Waals surface area contributed by atoms with Crippen molar-refractivity contribution in [2.45, 2.75) is 82.2 Å². The molecule has 2 aromatic rings. The molecule has 6 nitrogen and oxygen atoms in total. The molecule has 1 aliphatic heterocycles. The molecule has 1 aliphatic carbocycles. The number of carbonyl (C=O) groups excluding carboxylic acids is 1. The zero-order valence-electron chi connectivity index (χ0n) is 18.5. The van der Waals surface area contributed by atoms with Gasteiger partial charge in [0.15, 0.2) is 0 Å². The second-order valence-electron chi connectivity index (χ2n) is 10.1.